The normalized spacial score (nSPS) is 16.9. The number of likely N-dealkylation sites (tertiary alicyclic amines) is 1. The second-order valence-corrected chi connectivity index (χ2v) is 7.50. The summed E-state index contributed by atoms with van der Waals surface area (Å²) in [5.41, 5.74) is 3.57. The Kier molecular flexibility index (Phi) is 6.62. The van der Waals surface area contributed by atoms with Gasteiger partial charge in [-0.2, -0.15) is 0 Å². The fourth-order valence-corrected chi connectivity index (χ4v) is 3.66. The number of hydrogen-bond acceptors (Lipinski definition) is 2. The van der Waals surface area contributed by atoms with Gasteiger partial charge in [-0.1, -0.05) is 43.3 Å². The molecule has 0 radical (unpaired) electrons. The van der Waals surface area contributed by atoms with Crippen LogP contribution in [0.5, 0.6) is 0 Å². The van der Waals surface area contributed by atoms with Crippen LogP contribution in [0.15, 0.2) is 48.5 Å². The summed E-state index contributed by atoms with van der Waals surface area (Å²) in [7, 11) is 0. The number of carbonyl (C=O) groups excluding carboxylic acids is 1. The number of nitrogens with zero attached hydrogens (tertiary/aromatic N) is 1. The first-order valence-corrected chi connectivity index (χ1v) is 9.91. The van der Waals surface area contributed by atoms with Crippen molar-refractivity contribution >= 4 is 5.91 Å². The lowest BCUT2D eigenvalue weighted by atomic mass is 9.94. The lowest BCUT2D eigenvalue weighted by Gasteiger charge is -2.32. The smallest absolute Gasteiger partial charge is 0.223 e. The minimum absolute atomic E-state index is 0.0284. The maximum atomic E-state index is 13.0. The van der Waals surface area contributed by atoms with Crippen molar-refractivity contribution in [1.29, 1.82) is 0 Å². The van der Waals surface area contributed by atoms with E-state index in [-0.39, 0.29) is 23.7 Å². The molecule has 0 aliphatic carbocycles. The van der Waals surface area contributed by atoms with Crippen molar-refractivity contribution in [3.63, 3.8) is 0 Å². The van der Waals surface area contributed by atoms with Crippen LogP contribution in [0.1, 0.15) is 49.4 Å². The highest BCUT2D eigenvalue weighted by atomic mass is 19.1. The maximum absolute atomic E-state index is 13.0. The van der Waals surface area contributed by atoms with E-state index in [2.05, 4.69) is 41.4 Å². The van der Waals surface area contributed by atoms with E-state index in [0.717, 1.165) is 50.0 Å². The predicted octanol–water partition coefficient (Wildman–Crippen LogP) is 4.48. The van der Waals surface area contributed by atoms with Crippen LogP contribution in [-0.4, -0.2) is 23.9 Å². The topological polar surface area (TPSA) is 32.3 Å². The summed E-state index contributed by atoms with van der Waals surface area (Å²) in [6, 6.07) is 15.2. The molecule has 2 aromatic carbocycles. The number of halogens is 1. The summed E-state index contributed by atoms with van der Waals surface area (Å²) in [6.45, 7) is 6.80. The molecule has 0 spiro atoms. The Morgan fingerprint density at radius 3 is 2.26 bits per heavy atom. The number of nitrogens with one attached hydrogen (secondary N) is 1. The molecule has 1 fully saturated rings. The van der Waals surface area contributed by atoms with Crippen molar-refractivity contribution in [2.75, 3.05) is 13.1 Å². The molecule has 1 N–H and O–H groups in total. The van der Waals surface area contributed by atoms with Crippen LogP contribution in [0.3, 0.4) is 0 Å². The molecular weight excluding hydrogens is 339 g/mol. The van der Waals surface area contributed by atoms with E-state index < -0.39 is 0 Å². The van der Waals surface area contributed by atoms with Gasteiger partial charge < -0.3 is 5.32 Å². The highest BCUT2D eigenvalue weighted by molar-refractivity contribution is 5.79. The average molecular weight is 368 g/mol. The van der Waals surface area contributed by atoms with Crippen molar-refractivity contribution in [2.45, 2.75) is 45.7 Å². The van der Waals surface area contributed by atoms with Crippen molar-refractivity contribution < 1.29 is 9.18 Å². The predicted molar refractivity (Wildman–Crippen MR) is 107 cm³/mol. The number of amides is 1. The van der Waals surface area contributed by atoms with Gasteiger partial charge in [0.1, 0.15) is 5.82 Å². The monoisotopic (exact) mass is 368 g/mol. The van der Waals surface area contributed by atoms with Crippen LogP contribution in [0.2, 0.25) is 0 Å². The molecule has 3 nitrogen and oxygen atoms in total. The largest absolute Gasteiger partial charge is 0.349 e. The summed E-state index contributed by atoms with van der Waals surface area (Å²) in [5, 5.41) is 3.18. The first-order chi connectivity index (χ1) is 13.0. The van der Waals surface area contributed by atoms with Crippen LogP contribution in [-0.2, 0) is 17.8 Å². The van der Waals surface area contributed by atoms with Crippen molar-refractivity contribution in [3.05, 3.63) is 71.0 Å². The zero-order valence-electron chi connectivity index (χ0n) is 16.2. The second-order valence-electron chi connectivity index (χ2n) is 7.50. The molecule has 4 heteroatoms. The molecule has 0 unspecified atom stereocenters. The Balaban J connectivity index is 1.46. The third-order valence-corrected chi connectivity index (χ3v) is 5.52. The highest BCUT2D eigenvalue weighted by Gasteiger charge is 2.26. The van der Waals surface area contributed by atoms with Gasteiger partial charge in [0.15, 0.2) is 0 Å². The van der Waals surface area contributed by atoms with E-state index in [1.54, 1.807) is 0 Å². The highest BCUT2D eigenvalue weighted by Crippen LogP contribution is 2.21. The minimum atomic E-state index is -0.201. The number of piperidine rings is 1. The zero-order chi connectivity index (χ0) is 19.2. The van der Waals surface area contributed by atoms with Gasteiger partial charge in [0.2, 0.25) is 5.91 Å². The van der Waals surface area contributed by atoms with E-state index in [9.17, 15) is 9.18 Å². The Morgan fingerprint density at radius 2 is 1.67 bits per heavy atom. The molecule has 1 saturated heterocycles. The quantitative estimate of drug-likeness (QED) is 0.815. The lowest BCUT2D eigenvalue weighted by Crippen LogP contribution is -2.40. The molecule has 1 aliphatic heterocycles. The van der Waals surface area contributed by atoms with Gasteiger partial charge in [-0.15, -0.1) is 0 Å². The summed E-state index contributed by atoms with van der Waals surface area (Å²) >= 11 is 0. The fraction of sp³-hybridized carbons (Fsp3) is 0.435. The third kappa shape index (κ3) is 5.39. The van der Waals surface area contributed by atoms with Gasteiger partial charge in [-0.3, -0.25) is 9.69 Å². The first-order valence-electron chi connectivity index (χ1n) is 9.91. The first kappa shape index (κ1) is 19.6. The number of hydrogen-bond donors (Lipinski definition) is 1. The lowest BCUT2D eigenvalue weighted by molar-refractivity contribution is -0.127. The van der Waals surface area contributed by atoms with E-state index in [1.165, 1.54) is 17.7 Å². The van der Waals surface area contributed by atoms with Gasteiger partial charge in [-0.05, 0) is 68.1 Å². The molecule has 3 rings (SSSR count). The molecule has 144 valence electrons. The van der Waals surface area contributed by atoms with Gasteiger partial charge in [-0.25, -0.2) is 4.39 Å². The van der Waals surface area contributed by atoms with Gasteiger partial charge in [0, 0.05) is 12.5 Å². The summed E-state index contributed by atoms with van der Waals surface area (Å²) < 4.78 is 13.0. The minimum Gasteiger partial charge on any atom is -0.349 e. The summed E-state index contributed by atoms with van der Waals surface area (Å²) in [4.78, 5) is 15.0. The van der Waals surface area contributed by atoms with Crippen molar-refractivity contribution in [1.82, 2.24) is 10.2 Å². The van der Waals surface area contributed by atoms with Crippen LogP contribution < -0.4 is 5.32 Å². The molecular formula is C23H29FN2O. The Labute approximate surface area is 161 Å². The number of rotatable bonds is 6. The molecule has 1 amide bonds. The molecule has 1 aliphatic rings. The van der Waals surface area contributed by atoms with Crippen LogP contribution in [0.25, 0.3) is 0 Å². The van der Waals surface area contributed by atoms with Gasteiger partial charge in [0.05, 0.1) is 6.04 Å². The van der Waals surface area contributed by atoms with Gasteiger partial charge >= 0.3 is 0 Å². The molecule has 0 aromatic heterocycles. The number of benzene rings is 2. The van der Waals surface area contributed by atoms with E-state index in [4.69, 9.17) is 0 Å². The second kappa shape index (κ2) is 9.14. The molecule has 1 atom stereocenters. The van der Waals surface area contributed by atoms with Crippen molar-refractivity contribution in [2.24, 2.45) is 5.92 Å². The standard InChI is InChI=1S/C23H29FN2O/c1-3-18-4-8-20(9-5-18)17(2)25-23(27)21-12-14-26(15-13-21)16-19-6-10-22(24)11-7-19/h4-11,17,21H,3,12-16H2,1-2H3,(H,25,27)/t17-/m1/s1. The number of carbonyl (C=O) groups is 1. The Bertz CT molecular complexity index is 734. The fourth-order valence-electron chi connectivity index (χ4n) is 3.66. The Morgan fingerprint density at radius 1 is 1.07 bits per heavy atom. The van der Waals surface area contributed by atoms with E-state index >= 15 is 0 Å². The average Bonchev–Trinajstić information content (AvgIpc) is 2.70. The van der Waals surface area contributed by atoms with Gasteiger partial charge in [0.25, 0.3) is 0 Å². The number of aryl methyl sites for hydroxylation is 1. The van der Waals surface area contributed by atoms with Crippen LogP contribution in [0.4, 0.5) is 4.39 Å². The molecule has 2 aromatic rings. The summed E-state index contributed by atoms with van der Waals surface area (Å²) in [6.07, 6.45) is 2.76. The molecule has 1 heterocycles. The zero-order valence-corrected chi connectivity index (χ0v) is 16.2. The Hall–Kier alpha value is -2.20. The maximum Gasteiger partial charge on any atom is 0.223 e. The molecule has 0 bridgehead atoms. The van der Waals surface area contributed by atoms with Crippen LogP contribution in [0, 0.1) is 11.7 Å². The van der Waals surface area contributed by atoms with E-state index in [0.29, 0.717) is 0 Å². The molecule has 27 heavy (non-hydrogen) atoms. The SMILES string of the molecule is CCc1ccc([C@@H](C)NC(=O)C2CCN(Cc3ccc(F)cc3)CC2)cc1. The summed E-state index contributed by atoms with van der Waals surface area (Å²) in [5.74, 6) is 0.0305. The molecule has 0 saturated carbocycles. The third-order valence-electron chi connectivity index (χ3n) is 5.52. The van der Waals surface area contributed by atoms with E-state index in [1.807, 2.05) is 19.1 Å². The van der Waals surface area contributed by atoms with Crippen molar-refractivity contribution in [3.8, 4) is 0 Å². The van der Waals surface area contributed by atoms with Crippen LogP contribution >= 0.6 is 0 Å².